The molecule has 2 aromatic rings. The van der Waals surface area contributed by atoms with Crippen molar-refractivity contribution in [3.05, 3.63) is 46.9 Å². The average Bonchev–Trinajstić information content (AvgIpc) is 2.34. The molecule has 0 fully saturated rings. The summed E-state index contributed by atoms with van der Waals surface area (Å²) in [6.45, 7) is 1.90. The molecule has 0 radical (unpaired) electrons. The zero-order valence-corrected chi connectivity index (χ0v) is 10.3. The molecule has 0 aliphatic heterocycles. The van der Waals surface area contributed by atoms with Crippen molar-refractivity contribution in [1.82, 2.24) is 9.97 Å². The minimum atomic E-state index is -1.10. The highest BCUT2D eigenvalue weighted by Gasteiger charge is 2.06. The highest BCUT2D eigenvalue weighted by atomic mass is 35.5. The maximum absolute atomic E-state index is 10.8. The standard InChI is InChI=1S/C12H10ClN3O2/c1-7-2-3-8(4-9(7)13)16-11-5-10(12(17)18)14-6-15-11/h2-6H,1H3,(H,17,18)(H,14,15,16). The van der Waals surface area contributed by atoms with Crippen LogP contribution >= 0.6 is 11.6 Å². The summed E-state index contributed by atoms with van der Waals surface area (Å²) >= 11 is 5.99. The number of rotatable bonds is 3. The van der Waals surface area contributed by atoms with Gasteiger partial charge in [0.25, 0.3) is 0 Å². The number of hydrogen-bond acceptors (Lipinski definition) is 4. The molecule has 0 amide bonds. The van der Waals surface area contributed by atoms with Crippen molar-refractivity contribution in [3.63, 3.8) is 0 Å². The molecule has 5 nitrogen and oxygen atoms in total. The van der Waals surface area contributed by atoms with Gasteiger partial charge in [0.05, 0.1) is 0 Å². The van der Waals surface area contributed by atoms with Crippen molar-refractivity contribution >= 4 is 29.1 Å². The minimum Gasteiger partial charge on any atom is -0.477 e. The van der Waals surface area contributed by atoms with Crippen LogP contribution < -0.4 is 5.32 Å². The normalized spacial score (nSPS) is 10.1. The van der Waals surface area contributed by atoms with Crippen LogP contribution in [0.4, 0.5) is 11.5 Å². The fraction of sp³-hybridized carbons (Fsp3) is 0.0833. The fourth-order valence-electron chi connectivity index (χ4n) is 1.36. The van der Waals surface area contributed by atoms with Crippen LogP contribution in [0.2, 0.25) is 5.02 Å². The Morgan fingerprint density at radius 3 is 2.78 bits per heavy atom. The number of carbonyl (C=O) groups is 1. The summed E-state index contributed by atoms with van der Waals surface area (Å²) in [5.41, 5.74) is 1.64. The highest BCUT2D eigenvalue weighted by Crippen LogP contribution is 2.22. The van der Waals surface area contributed by atoms with Crippen LogP contribution in [0.1, 0.15) is 16.1 Å². The van der Waals surface area contributed by atoms with Gasteiger partial charge in [0.1, 0.15) is 12.1 Å². The zero-order valence-electron chi connectivity index (χ0n) is 9.51. The Bertz CT molecular complexity index is 602. The lowest BCUT2D eigenvalue weighted by Gasteiger charge is -2.07. The highest BCUT2D eigenvalue weighted by molar-refractivity contribution is 6.31. The molecule has 0 saturated carbocycles. The molecule has 18 heavy (non-hydrogen) atoms. The van der Waals surface area contributed by atoms with Crippen molar-refractivity contribution in [2.75, 3.05) is 5.32 Å². The van der Waals surface area contributed by atoms with Crippen molar-refractivity contribution in [2.45, 2.75) is 6.92 Å². The number of hydrogen-bond donors (Lipinski definition) is 2. The lowest BCUT2D eigenvalue weighted by Crippen LogP contribution is -2.03. The summed E-state index contributed by atoms with van der Waals surface area (Å²) in [6.07, 6.45) is 1.20. The fourth-order valence-corrected chi connectivity index (χ4v) is 1.54. The molecule has 92 valence electrons. The van der Waals surface area contributed by atoms with Gasteiger partial charge in [-0.05, 0) is 24.6 Å². The number of aryl methyl sites for hydroxylation is 1. The molecule has 2 N–H and O–H groups in total. The number of benzene rings is 1. The molecular weight excluding hydrogens is 254 g/mol. The lowest BCUT2D eigenvalue weighted by molar-refractivity contribution is 0.0690. The quantitative estimate of drug-likeness (QED) is 0.891. The van der Waals surface area contributed by atoms with Gasteiger partial charge in [0.15, 0.2) is 5.69 Å². The molecule has 6 heteroatoms. The molecule has 0 aliphatic rings. The van der Waals surface area contributed by atoms with Crippen molar-refractivity contribution in [2.24, 2.45) is 0 Å². The van der Waals surface area contributed by atoms with E-state index in [1.165, 1.54) is 12.4 Å². The largest absolute Gasteiger partial charge is 0.477 e. The molecule has 0 atom stereocenters. The van der Waals surface area contributed by atoms with E-state index in [0.717, 1.165) is 11.3 Å². The van der Waals surface area contributed by atoms with Crippen LogP contribution in [0, 0.1) is 6.92 Å². The van der Waals surface area contributed by atoms with Gasteiger partial charge in [-0.2, -0.15) is 0 Å². The van der Waals surface area contributed by atoms with Gasteiger partial charge in [0, 0.05) is 16.8 Å². The number of carboxylic acid groups (broad SMARTS) is 1. The van der Waals surface area contributed by atoms with Crippen LogP contribution in [0.5, 0.6) is 0 Å². The second-order valence-corrected chi connectivity index (χ2v) is 4.09. The Labute approximate surface area is 108 Å². The molecule has 2 rings (SSSR count). The van der Waals surface area contributed by atoms with Crippen LogP contribution in [0.15, 0.2) is 30.6 Å². The molecule has 1 heterocycles. The van der Waals surface area contributed by atoms with E-state index in [2.05, 4.69) is 15.3 Å². The first kappa shape index (κ1) is 12.3. The van der Waals surface area contributed by atoms with Crippen LogP contribution in [-0.2, 0) is 0 Å². The Hall–Kier alpha value is -2.14. The third kappa shape index (κ3) is 2.75. The Kier molecular flexibility index (Phi) is 3.43. The van der Waals surface area contributed by atoms with Crippen LogP contribution in [0.25, 0.3) is 0 Å². The summed E-state index contributed by atoms with van der Waals surface area (Å²) in [4.78, 5) is 18.3. The van der Waals surface area contributed by atoms with Gasteiger partial charge in [-0.3, -0.25) is 0 Å². The number of aromatic nitrogens is 2. The number of halogens is 1. The predicted molar refractivity (Wildman–Crippen MR) is 68.5 cm³/mol. The SMILES string of the molecule is Cc1ccc(Nc2cc(C(=O)O)ncn2)cc1Cl. The van der Waals surface area contributed by atoms with Gasteiger partial charge in [-0.1, -0.05) is 17.7 Å². The van der Waals surface area contributed by atoms with Crippen LogP contribution in [-0.4, -0.2) is 21.0 Å². The number of carboxylic acids is 1. The summed E-state index contributed by atoms with van der Waals surface area (Å²) in [5.74, 6) is -0.690. The van der Waals surface area contributed by atoms with Gasteiger partial charge < -0.3 is 10.4 Å². The van der Waals surface area contributed by atoms with E-state index in [1.54, 1.807) is 6.07 Å². The Morgan fingerprint density at radius 2 is 2.11 bits per heavy atom. The maximum atomic E-state index is 10.8. The Balaban J connectivity index is 2.25. The summed E-state index contributed by atoms with van der Waals surface area (Å²) in [5, 5.41) is 12.4. The third-order valence-corrected chi connectivity index (χ3v) is 2.74. The van der Waals surface area contributed by atoms with Crippen molar-refractivity contribution < 1.29 is 9.90 Å². The van der Waals surface area contributed by atoms with Crippen molar-refractivity contribution in [3.8, 4) is 0 Å². The number of aromatic carboxylic acids is 1. The van der Waals surface area contributed by atoms with E-state index < -0.39 is 5.97 Å². The molecule has 1 aromatic carbocycles. The smallest absolute Gasteiger partial charge is 0.354 e. The molecule has 0 saturated heterocycles. The monoisotopic (exact) mass is 263 g/mol. The van der Waals surface area contributed by atoms with Gasteiger partial charge in [-0.25, -0.2) is 14.8 Å². The molecule has 1 aromatic heterocycles. The average molecular weight is 264 g/mol. The maximum Gasteiger partial charge on any atom is 0.354 e. The van der Waals surface area contributed by atoms with E-state index in [1.807, 2.05) is 19.1 Å². The second kappa shape index (κ2) is 5.01. The number of nitrogens with one attached hydrogen (secondary N) is 1. The van der Waals surface area contributed by atoms with E-state index in [4.69, 9.17) is 16.7 Å². The summed E-state index contributed by atoms with van der Waals surface area (Å²) in [7, 11) is 0. The van der Waals surface area contributed by atoms with E-state index in [-0.39, 0.29) is 5.69 Å². The van der Waals surface area contributed by atoms with Gasteiger partial charge in [-0.15, -0.1) is 0 Å². The van der Waals surface area contributed by atoms with E-state index in [0.29, 0.717) is 10.8 Å². The van der Waals surface area contributed by atoms with E-state index in [9.17, 15) is 4.79 Å². The van der Waals surface area contributed by atoms with Gasteiger partial charge >= 0.3 is 5.97 Å². The predicted octanol–water partition coefficient (Wildman–Crippen LogP) is 2.88. The van der Waals surface area contributed by atoms with E-state index >= 15 is 0 Å². The number of nitrogens with zero attached hydrogens (tertiary/aromatic N) is 2. The summed E-state index contributed by atoms with van der Waals surface area (Å²) < 4.78 is 0. The zero-order chi connectivity index (χ0) is 13.1. The van der Waals surface area contributed by atoms with Gasteiger partial charge in [0.2, 0.25) is 0 Å². The molecule has 0 spiro atoms. The molecule has 0 unspecified atom stereocenters. The third-order valence-electron chi connectivity index (χ3n) is 2.33. The van der Waals surface area contributed by atoms with Crippen LogP contribution in [0.3, 0.4) is 0 Å². The topological polar surface area (TPSA) is 75.1 Å². The first-order valence-corrected chi connectivity index (χ1v) is 5.52. The van der Waals surface area contributed by atoms with Crippen molar-refractivity contribution in [1.29, 1.82) is 0 Å². The first-order chi connectivity index (χ1) is 8.56. The Morgan fingerprint density at radius 1 is 1.33 bits per heavy atom. The summed E-state index contributed by atoms with van der Waals surface area (Å²) in [6, 6.07) is 6.81. The molecular formula is C12H10ClN3O2. The molecule has 0 bridgehead atoms. The first-order valence-electron chi connectivity index (χ1n) is 5.15. The lowest BCUT2D eigenvalue weighted by atomic mass is 10.2. The minimum absolute atomic E-state index is 0.0642. The second-order valence-electron chi connectivity index (χ2n) is 3.68. The number of anilines is 2. The molecule has 0 aliphatic carbocycles.